The molecule has 194 valence electrons. The van der Waals surface area contributed by atoms with E-state index < -0.39 is 22.8 Å². The van der Waals surface area contributed by atoms with Gasteiger partial charge in [-0.3, -0.25) is 10.1 Å². The Hall–Kier alpha value is -4.72. The lowest BCUT2D eigenvalue weighted by Gasteiger charge is -2.30. The zero-order valence-electron chi connectivity index (χ0n) is 21.4. The van der Waals surface area contributed by atoms with Crippen molar-refractivity contribution in [2.75, 3.05) is 13.7 Å². The molecule has 1 N–H and O–H groups in total. The third kappa shape index (κ3) is 5.49. The molecule has 0 bridgehead atoms. The highest BCUT2D eigenvalue weighted by molar-refractivity contribution is 6.00. The maximum atomic E-state index is 13.3. The molecule has 0 radical (unpaired) electrons. The van der Waals surface area contributed by atoms with E-state index in [1.807, 2.05) is 36.4 Å². The number of carbonyl (C=O) groups is 2. The average Bonchev–Trinajstić information content (AvgIpc) is 2.92. The molecule has 8 heteroatoms. The Morgan fingerprint density at radius 2 is 1.66 bits per heavy atom. The van der Waals surface area contributed by atoms with Crippen LogP contribution in [-0.4, -0.2) is 30.6 Å². The van der Waals surface area contributed by atoms with Gasteiger partial charge in [-0.25, -0.2) is 9.59 Å². The highest BCUT2D eigenvalue weighted by Crippen LogP contribution is 2.40. The maximum absolute atomic E-state index is 13.3. The van der Waals surface area contributed by atoms with Gasteiger partial charge in [0.05, 0.1) is 35.7 Å². The Balaban J connectivity index is 1.55. The molecular weight excluding hydrogens is 484 g/mol. The van der Waals surface area contributed by atoms with Gasteiger partial charge in [-0.15, -0.1) is 0 Å². The summed E-state index contributed by atoms with van der Waals surface area (Å²) in [4.78, 5) is 37.0. The predicted octanol–water partition coefficient (Wildman–Crippen LogP) is 5.80. The fourth-order valence-electron chi connectivity index (χ4n) is 4.70. The van der Waals surface area contributed by atoms with Gasteiger partial charge in [0, 0.05) is 23.5 Å². The summed E-state index contributed by atoms with van der Waals surface area (Å²) in [5.74, 6) is -2.14. The fourth-order valence-corrected chi connectivity index (χ4v) is 4.70. The van der Waals surface area contributed by atoms with E-state index in [-0.39, 0.29) is 23.4 Å². The van der Waals surface area contributed by atoms with Crippen LogP contribution in [0.3, 0.4) is 0 Å². The number of hydrogen-bond donors (Lipinski definition) is 1. The molecule has 0 saturated carbocycles. The number of nitro groups is 1. The fraction of sp³-hybridized carbons (Fsp3) is 0.200. The molecular formula is C30H28N2O6. The lowest BCUT2D eigenvalue weighted by Crippen LogP contribution is -2.32. The molecule has 1 unspecified atom stereocenters. The molecule has 1 aliphatic rings. The van der Waals surface area contributed by atoms with Gasteiger partial charge in [-0.1, -0.05) is 66.7 Å². The molecule has 0 spiro atoms. The first-order valence-electron chi connectivity index (χ1n) is 12.1. The number of hydrogen-bond acceptors (Lipinski definition) is 7. The van der Waals surface area contributed by atoms with Crippen molar-refractivity contribution in [3.8, 4) is 0 Å². The van der Waals surface area contributed by atoms with Crippen LogP contribution in [0, 0.1) is 10.1 Å². The number of allylic oxidation sites excluding steroid dienone is 2. The second-order valence-electron chi connectivity index (χ2n) is 8.87. The van der Waals surface area contributed by atoms with Crippen LogP contribution >= 0.6 is 0 Å². The first kappa shape index (κ1) is 26.3. The van der Waals surface area contributed by atoms with E-state index in [9.17, 15) is 19.7 Å². The Morgan fingerprint density at radius 3 is 2.39 bits per heavy atom. The average molecular weight is 513 g/mol. The monoisotopic (exact) mass is 512 g/mol. The maximum Gasteiger partial charge on any atom is 0.336 e. The first-order valence-corrected chi connectivity index (χ1v) is 12.1. The van der Waals surface area contributed by atoms with Gasteiger partial charge in [-0.05, 0) is 42.2 Å². The second-order valence-corrected chi connectivity index (χ2v) is 8.87. The Kier molecular flexibility index (Phi) is 8.01. The van der Waals surface area contributed by atoms with Crippen LogP contribution in [0.25, 0.3) is 16.8 Å². The van der Waals surface area contributed by atoms with Crippen molar-refractivity contribution in [3.05, 3.63) is 117 Å². The number of ether oxygens (including phenoxy) is 2. The summed E-state index contributed by atoms with van der Waals surface area (Å²) in [6.07, 6.45) is 4.42. The minimum atomic E-state index is -0.887. The highest BCUT2D eigenvalue weighted by atomic mass is 16.6. The summed E-state index contributed by atoms with van der Waals surface area (Å²) in [6.45, 7) is 3.52. The second kappa shape index (κ2) is 11.6. The third-order valence-electron chi connectivity index (χ3n) is 6.44. The molecule has 1 heterocycles. The molecule has 0 fully saturated rings. The number of nitrogens with one attached hydrogen (secondary N) is 1. The zero-order valence-corrected chi connectivity index (χ0v) is 21.4. The number of nitrogens with zero attached hydrogens (tertiary/aromatic N) is 1. The topological polar surface area (TPSA) is 108 Å². The van der Waals surface area contributed by atoms with Gasteiger partial charge in [0.2, 0.25) is 0 Å². The van der Waals surface area contributed by atoms with Gasteiger partial charge in [-0.2, -0.15) is 0 Å². The minimum absolute atomic E-state index is 0.120. The lowest BCUT2D eigenvalue weighted by molar-refractivity contribution is -0.384. The van der Waals surface area contributed by atoms with Gasteiger partial charge >= 0.3 is 11.9 Å². The molecule has 4 rings (SSSR count). The van der Waals surface area contributed by atoms with E-state index in [4.69, 9.17) is 9.47 Å². The molecule has 0 aromatic heterocycles. The third-order valence-corrected chi connectivity index (χ3v) is 6.44. The molecule has 0 amide bonds. The van der Waals surface area contributed by atoms with E-state index in [0.717, 1.165) is 16.3 Å². The minimum Gasteiger partial charge on any atom is -0.466 e. The van der Waals surface area contributed by atoms with Gasteiger partial charge in [0.15, 0.2) is 0 Å². The summed E-state index contributed by atoms with van der Waals surface area (Å²) in [7, 11) is 1.25. The van der Waals surface area contributed by atoms with Crippen LogP contribution < -0.4 is 5.32 Å². The van der Waals surface area contributed by atoms with Crippen LogP contribution in [0.15, 0.2) is 95.3 Å². The standard InChI is InChI=1S/C30H28N2O6/c1-19-26(29(33)37-3)28(23-14-9-15-24(18-23)32(35)36)27(20(2)31-19)30(34)38-17-7-6-11-22-13-8-12-21-10-4-5-16-25(21)22/h4-6,8-16,18,28,31H,7,17H2,1-3H3. The summed E-state index contributed by atoms with van der Waals surface area (Å²) in [5.41, 5.74) is 2.74. The van der Waals surface area contributed by atoms with E-state index in [1.54, 1.807) is 19.9 Å². The summed E-state index contributed by atoms with van der Waals surface area (Å²) >= 11 is 0. The summed E-state index contributed by atoms with van der Waals surface area (Å²) in [6, 6.07) is 20.1. The number of methoxy groups -OCH3 is 1. The van der Waals surface area contributed by atoms with Crippen LogP contribution in [0.4, 0.5) is 5.69 Å². The number of carbonyl (C=O) groups excluding carboxylic acids is 2. The predicted molar refractivity (Wildman–Crippen MR) is 145 cm³/mol. The number of benzene rings is 3. The summed E-state index contributed by atoms with van der Waals surface area (Å²) in [5, 5.41) is 16.7. The smallest absolute Gasteiger partial charge is 0.336 e. The van der Waals surface area contributed by atoms with E-state index in [0.29, 0.717) is 23.4 Å². The molecule has 0 saturated heterocycles. The number of esters is 2. The molecule has 3 aromatic carbocycles. The van der Waals surface area contributed by atoms with Crippen molar-refractivity contribution in [3.63, 3.8) is 0 Å². The number of dihydropyridines is 1. The molecule has 1 aliphatic heterocycles. The van der Waals surface area contributed by atoms with Crippen molar-refractivity contribution in [1.29, 1.82) is 0 Å². The number of rotatable bonds is 8. The first-order chi connectivity index (χ1) is 18.3. The SMILES string of the molecule is COC(=O)C1=C(C)NC(C)=C(C(=O)OCCC=Cc2cccc3ccccc23)C1c1cccc([N+](=O)[O-])c1. The van der Waals surface area contributed by atoms with Crippen LogP contribution in [0.2, 0.25) is 0 Å². The number of nitro benzene ring substituents is 1. The summed E-state index contributed by atoms with van der Waals surface area (Å²) < 4.78 is 10.6. The Morgan fingerprint density at radius 1 is 0.974 bits per heavy atom. The normalized spacial score (nSPS) is 15.5. The molecule has 0 aliphatic carbocycles. The quantitative estimate of drug-likeness (QED) is 0.176. The Bertz CT molecular complexity index is 1500. The lowest BCUT2D eigenvalue weighted by atomic mass is 9.80. The van der Waals surface area contributed by atoms with Crippen molar-refractivity contribution in [2.45, 2.75) is 26.2 Å². The van der Waals surface area contributed by atoms with Crippen molar-refractivity contribution in [2.24, 2.45) is 0 Å². The van der Waals surface area contributed by atoms with E-state index >= 15 is 0 Å². The van der Waals surface area contributed by atoms with Crippen LogP contribution in [0.1, 0.15) is 37.3 Å². The van der Waals surface area contributed by atoms with Crippen LogP contribution in [0.5, 0.6) is 0 Å². The molecule has 8 nitrogen and oxygen atoms in total. The van der Waals surface area contributed by atoms with Crippen molar-refractivity contribution >= 4 is 34.5 Å². The van der Waals surface area contributed by atoms with Gasteiger partial charge in [0.1, 0.15) is 0 Å². The van der Waals surface area contributed by atoms with E-state index in [2.05, 4.69) is 23.5 Å². The van der Waals surface area contributed by atoms with Crippen molar-refractivity contribution < 1.29 is 24.0 Å². The number of fused-ring (bicyclic) bond motifs is 1. The highest BCUT2D eigenvalue weighted by Gasteiger charge is 2.38. The Labute approximate surface area is 220 Å². The van der Waals surface area contributed by atoms with Crippen molar-refractivity contribution in [1.82, 2.24) is 5.32 Å². The molecule has 38 heavy (non-hydrogen) atoms. The van der Waals surface area contributed by atoms with Gasteiger partial charge < -0.3 is 14.8 Å². The molecule has 3 aromatic rings. The number of non-ortho nitro benzene ring substituents is 1. The largest absolute Gasteiger partial charge is 0.466 e. The van der Waals surface area contributed by atoms with Crippen LogP contribution in [-0.2, 0) is 19.1 Å². The van der Waals surface area contributed by atoms with Gasteiger partial charge in [0.25, 0.3) is 5.69 Å². The zero-order chi connectivity index (χ0) is 27.2. The molecule has 1 atom stereocenters. The van der Waals surface area contributed by atoms with E-state index in [1.165, 1.54) is 25.3 Å².